The predicted octanol–water partition coefficient (Wildman–Crippen LogP) is 1.30. The van der Waals surface area contributed by atoms with Gasteiger partial charge >= 0.3 is 5.97 Å². The maximum absolute atomic E-state index is 13.1. The van der Waals surface area contributed by atoms with Crippen LogP contribution < -0.4 is 4.74 Å². The third kappa shape index (κ3) is 2.39. The van der Waals surface area contributed by atoms with Gasteiger partial charge in [0.05, 0.1) is 12.2 Å². The summed E-state index contributed by atoms with van der Waals surface area (Å²) < 4.78 is 22.9. The summed E-state index contributed by atoms with van der Waals surface area (Å²) in [6, 6.07) is 3.27. The fourth-order valence-corrected chi connectivity index (χ4v) is 1.82. The van der Waals surface area contributed by atoms with Gasteiger partial charge in [0.1, 0.15) is 11.6 Å². The van der Waals surface area contributed by atoms with Crippen LogP contribution in [0.3, 0.4) is 0 Å². The first-order chi connectivity index (χ1) is 9.45. The van der Waals surface area contributed by atoms with Gasteiger partial charge in [0.25, 0.3) is 0 Å². The van der Waals surface area contributed by atoms with Crippen LogP contribution in [0.5, 0.6) is 5.75 Å². The summed E-state index contributed by atoms with van der Waals surface area (Å²) in [6.45, 7) is 1.60. The van der Waals surface area contributed by atoms with Gasteiger partial charge in [-0.05, 0) is 25.1 Å². The molecule has 108 valence electrons. The Bertz CT molecular complexity index is 568. The maximum atomic E-state index is 13.1. The lowest BCUT2D eigenvalue weighted by Gasteiger charge is -2.27. The lowest BCUT2D eigenvalue weighted by Crippen LogP contribution is -2.42. The van der Waals surface area contributed by atoms with Crippen LogP contribution >= 0.6 is 0 Å². The topological polar surface area (TPSA) is 96.2 Å². The number of benzene rings is 1. The number of carbonyl (C=O) groups is 1. The zero-order chi connectivity index (χ0) is 14.9. The first-order valence-electron chi connectivity index (χ1n) is 5.89. The molecule has 1 heterocycles. The molecular formula is C13H13FO6. The number of aliphatic hydroxyl groups is 3. The van der Waals surface area contributed by atoms with Crippen molar-refractivity contribution in [1.82, 2.24) is 0 Å². The fraction of sp³-hybridized carbons (Fsp3) is 0.308. The van der Waals surface area contributed by atoms with Gasteiger partial charge < -0.3 is 24.8 Å². The first-order valence-corrected chi connectivity index (χ1v) is 5.89. The van der Waals surface area contributed by atoms with E-state index in [-0.39, 0.29) is 17.9 Å². The average Bonchev–Trinajstić information content (AvgIpc) is 2.43. The summed E-state index contributed by atoms with van der Waals surface area (Å²) in [6.07, 6.45) is -3.32. The molecule has 1 aliphatic heterocycles. The summed E-state index contributed by atoms with van der Waals surface area (Å²) in [4.78, 5) is 11.4. The second-order valence-corrected chi connectivity index (χ2v) is 4.11. The standard InChI is InChI=1S/C13H13FO6/c1-2-19-13(18)11(17)12-10(16)9(15)7-5-6(14)3-4-8(7)20-12/h3-5,11-12,15-17H,2H2,1H3/t11-,12-/m1/s1. The monoisotopic (exact) mass is 284 g/mol. The largest absolute Gasteiger partial charge is 0.505 e. The Morgan fingerprint density at radius 1 is 1.50 bits per heavy atom. The predicted molar refractivity (Wildman–Crippen MR) is 65.6 cm³/mol. The van der Waals surface area contributed by atoms with Gasteiger partial charge in [0.15, 0.2) is 23.7 Å². The molecule has 0 aliphatic carbocycles. The second-order valence-electron chi connectivity index (χ2n) is 4.11. The van der Waals surface area contributed by atoms with Crippen molar-refractivity contribution in [3.05, 3.63) is 35.3 Å². The molecule has 0 spiro atoms. The minimum absolute atomic E-state index is 0.0371. The van der Waals surface area contributed by atoms with Gasteiger partial charge in [-0.2, -0.15) is 0 Å². The summed E-state index contributed by atoms with van der Waals surface area (Å²) in [5.41, 5.74) is -0.0604. The Hall–Kier alpha value is -2.28. The quantitative estimate of drug-likeness (QED) is 0.724. The molecule has 0 fully saturated rings. The van der Waals surface area contributed by atoms with E-state index >= 15 is 0 Å². The highest BCUT2D eigenvalue weighted by Crippen LogP contribution is 2.35. The smallest absolute Gasteiger partial charge is 0.339 e. The van der Waals surface area contributed by atoms with Gasteiger partial charge in [0.2, 0.25) is 0 Å². The molecule has 0 amide bonds. The Labute approximate surface area is 113 Å². The molecule has 0 saturated carbocycles. The summed E-state index contributed by atoms with van der Waals surface area (Å²) in [5.74, 6) is -3.00. The summed E-state index contributed by atoms with van der Waals surface area (Å²) in [7, 11) is 0. The van der Waals surface area contributed by atoms with Crippen LogP contribution in [-0.2, 0) is 9.53 Å². The zero-order valence-electron chi connectivity index (χ0n) is 10.5. The maximum Gasteiger partial charge on any atom is 0.339 e. The van der Waals surface area contributed by atoms with Crippen LogP contribution in [0.1, 0.15) is 12.5 Å². The Kier molecular flexibility index (Phi) is 3.80. The molecule has 20 heavy (non-hydrogen) atoms. The van der Waals surface area contributed by atoms with Crippen LogP contribution in [0, 0.1) is 5.82 Å². The molecule has 1 aliphatic rings. The molecule has 2 rings (SSSR count). The molecule has 2 atom stereocenters. The lowest BCUT2D eigenvalue weighted by atomic mass is 10.0. The highest BCUT2D eigenvalue weighted by molar-refractivity contribution is 5.78. The van der Waals surface area contributed by atoms with E-state index < -0.39 is 35.5 Å². The van der Waals surface area contributed by atoms with Crippen LogP contribution in [0.25, 0.3) is 5.76 Å². The molecule has 1 aromatic rings. The van der Waals surface area contributed by atoms with Gasteiger partial charge in [-0.15, -0.1) is 0 Å². The van der Waals surface area contributed by atoms with E-state index in [0.29, 0.717) is 0 Å². The Morgan fingerprint density at radius 3 is 2.85 bits per heavy atom. The van der Waals surface area contributed by atoms with Crippen molar-refractivity contribution in [3.63, 3.8) is 0 Å². The molecule has 0 radical (unpaired) electrons. The normalized spacial score (nSPS) is 19.1. The minimum atomic E-state index is -1.81. The third-order valence-corrected chi connectivity index (χ3v) is 2.78. The molecular weight excluding hydrogens is 271 g/mol. The first kappa shape index (κ1) is 14.1. The molecule has 0 unspecified atom stereocenters. The molecule has 7 heteroatoms. The zero-order valence-corrected chi connectivity index (χ0v) is 10.5. The number of fused-ring (bicyclic) bond motifs is 1. The number of hydrogen-bond acceptors (Lipinski definition) is 6. The van der Waals surface area contributed by atoms with Crippen LogP contribution in [0.4, 0.5) is 4.39 Å². The highest BCUT2D eigenvalue weighted by atomic mass is 19.1. The van der Waals surface area contributed by atoms with Crippen LogP contribution in [0.2, 0.25) is 0 Å². The number of hydrogen-bond donors (Lipinski definition) is 3. The number of ether oxygens (including phenoxy) is 2. The van der Waals surface area contributed by atoms with Crippen molar-refractivity contribution in [2.45, 2.75) is 19.1 Å². The molecule has 0 bridgehead atoms. The molecule has 6 nitrogen and oxygen atoms in total. The summed E-state index contributed by atoms with van der Waals surface area (Å²) in [5, 5.41) is 29.3. The number of aliphatic hydroxyl groups excluding tert-OH is 3. The average molecular weight is 284 g/mol. The third-order valence-electron chi connectivity index (χ3n) is 2.78. The van der Waals surface area contributed by atoms with Crippen molar-refractivity contribution < 1.29 is 34.0 Å². The second kappa shape index (κ2) is 5.38. The van der Waals surface area contributed by atoms with E-state index in [1.54, 1.807) is 6.92 Å². The van der Waals surface area contributed by atoms with Gasteiger partial charge in [-0.25, -0.2) is 9.18 Å². The van der Waals surface area contributed by atoms with Crippen molar-refractivity contribution >= 4 is 11.7 Å². The lowest BCUT2D eigenvalue weighted by molar-refractivity contribution is -0.158. The minimum Gasteiger partial charge on any atom is -0.505 e. The van der Waals surface area contributed by atoms with E-state index in [1.165, 1.54) is 6.07 Å². The van der Waals surface area contributed by atoms with E-state index in [9.17, 15) is 24.5 Å². The molecule has 3 N–H and O–H groups in total. The molecule has 1 aromatic carbocycles. The Balaban J connectivity index is 2.35. The van der Waals surface area contributed by atoms with Crippen molar-refractivity contribution in [3.8, 4) is 5.75 Å². The number of carbonyl (C=O) groups excluding carboxylic acids is 1. The fourth-order valence-electron chi connectivity index (χ4n) is 1.82. The summed E-state index contributed by atoms with van der Waals surface area (Å²) >= 11 is 0. The Morgan fingerprint density at radius 2 is 2.20 bits per heavy atom. The van der Waals surface area contributed by atoms with Crippen molar-refractivity contribution in [1.29, 1.82) is 0 Å². The number of esters is 1. The number of halogens is 1. The van der Waals surface area contributed by atoms with Crippen LogP contribution in [-0.4, -0.2) is 40.1 Å². The van der Waals surface area contributed by atoms with Gasteiger partial charge in [-0.3, -0.25) is 0 Å². The van der Waals surface area contributed by atoms with Crippen molar-refractivity contribution in [2.24, 2.45) is 0 Å². The van der Waals surface area contributed by atoms with E-state index in [1.807, 2.05) is 0 Å². The number of rotatable bonds is 3. The van der Waals surface area contributed by atoms with E-state index in [0.717, 1.165) is 12.1 Å². The van der Waals surface area contributed by atoms with Gasteiger partial charge in [0, 0.05) is 0 Å². The molecule has 0 saturated heterocycles. The van der Waals surface area contributed by atoms with Crippen LogP contribution in [0.15, 0.2) is 24.0 Å². The van der Waals surface area contributed by atoms with Gasteiger partial charge in [-0.1, -0.05) is 0 Å². The molecule has 0 aromatic heterocycles. The van der Waals surface area contributed by atoms with E-state index in [2.05, 4.69) is 4.74 Å². The van der Waals surface area contributed by atoms with Crippen molar-refractivity contribution in [2.75, 3.05) is 6.61 Å². The van der Waals surface area contributed by atoms with E-state index in [4.69, 9.17) is 4.74 Å². The highest BCUT2D eigenvalue weighted by Gasteiger charge is 2.38. The SMILES string of the molecule is CCOC(=O)[C@H](O)[C@@H]1Oc2ccc(F)cc2C(O)=C1O.